The highest BCUT2D eigenvalue weighted by atomic mass is 15.2. The third-order valence-corrected chi connectivity index (χ3v) is 3.58. The van der Waals surface area contributed by atoms with Crippen molar-refractivity contribution in [2.75, 3.05) is 6.54 Å². The van der Waals surface area contributed by atoms with Gasteiger partial charge in [-0.1, -0.05) is 31.5 Å². The lowest BCUT2D eigenvalue weighted by Crippen LogP contribution is -2.45. The lowest BCUT2D eigenvalue weighted by atomic mass is 10.1. The molecule has 0 saturated heterocycles. The summed E-state index contributed by atoms with van der Waals surface area (Å²) in [6.07, 6.45) is 3.87. The van der Waals surface area contributed by atoms with Crippen molar-refractivity contribution in [3.8, 4) is 0 Å². The molecule has 2 rings (SSSR count). The van der Waals surface area contributed by atoms with Gasteiger partial charge in [0.1, 0.15) is 11.9 Å². The van der Waals surface area contributed by atoms with Crippen LogP contribution >= 0.6 is 0 Å². The van der Waals surface area contributed by atoms with Crippen molar-refractivity contribution in [1.29, 1.82) is 0 Å². The van der Waals surface area contributed by atoms with Crippen molar-refractivity contribution in [3.05, 3.63) is 53.5 Å². The summed E-state index contributed by atoms with van der Waals surface area (Å²) < 4.78 is 0. The summed E-state index contributed by atoms with van der Waals surface area (Å²) in [6, 6.07) is 9.65. The fourth-order valence-corrected chi connectivity index (χ4v) is 2.13. The lowest BCUT2D eigenvalue weighted by molar-refractivity contribution is 0.297. The van der Waals surface area contributed by atoms with Crippen LogP contribution in [0.4, 0.5) is 5.69 Å². The van der Waals surface area contributed by atoms with Crippen molar-refractivity contribution in [2.45, 2.75) is 32.9 Å². The van der Waals surface area contributed by atoms with Gasteiger partial charge in [0.05, 0.1) is 11.4 Å². The molecule has 1 unspecified atom stereocenters. The molecule has 4 N–H and O–H groups in total. The maximum atomic E-state index is 6.15. The summed E-state index contributed by atoms with van der Waals surface area (Å²) in [5, 5.41) is 8.58. The van der Waals surface area contributed by atoms with Crippen LogP contribution in [-0.4, -0.2) is 17.6 Å². The molecule has 0 amide bonds. The van der Waals surface area contributed by atoms with Gasteiger partial charge in [-0.15, -0.1) is 5.11 Å². The van der Waals surface area contributed by atoms with Crippen LogP contribution in [0.5, 0.6) is 0 Å². The van der Waals surface area contributed by atoms with Crippen LogP contribution in [-0.2, 0) is 0 Å². The predicted molar refractivity (Wildman–Crippen MR) is 85.5 cm³/mol. The number of benzene rings is 1. The number of nitrogens with zero attached hydrogens (tertiary/aromatic N) is 3. The van der Waals surface area contributed by atoms with Gasteiger partial charge in [0.2, 0.25) is 0 Å². The van der Waals surface area contributed by atoms with E-state index in [2.05, 4.69) is 17.2 Å². The molecule has 0 saturated carbocycles. The molecule has 1 aromatic carbocycles. The number of unbranched alkanes of at least 4 members (excludes halogenated alkanes) is 1. The molecule has 0 radical (unpaired) electrons. The Morgan fingerprint density at radius 2 is 1.90 bits per heavy atom. The molecule has 1 heterocycles. The van der Waals surface area contributed by atoms with E-state index in [1.165, 1.54) is 0 Å². The number of rotatable bonds is 5. The molecule has 1 atom stereocenters. The summed E-state index contributed by atoms with van der Waals surface area (Å²) in [5.74, 6) is 0. The van der Waals surface area contributed by atoms with E-state index in [0.29, 0.717) is 5.70 Å². The second-order valence-electron chi connectivity index (χ2n) is 5.17. The fraction of sp³-hybridized carbons (Fsp3) is 0.375. The molecule has 1 aliphatic heterocycles. The third kappa shape index (κ3) is 3.70. The van der Waals surface area contributed by atoms with Gasteiger partial charge < -0.3 is 16.4 Å². The van der Waals surface area contributed by atoms with E-state index < -0.39 is 0 Å². The first-order chi connectivity index (χ1) is 10.1. The normalized spacial score (nSPS) is 19.3. The average molecular weight is 285 g/mol. The summed E-state index contributed by atoms with van der Waals surface area (Å²) >= 11 is 0. The first kappa shape index (κ1) is 15.3. The van der Waals surface area contributed by atoms with Gasteiger partial charge in [0, 0.05) is 18.3 Å². The molecule has 0 spiro atoms. The van der Waals surface area contributed by atoms with E-state index in [4.69, 9.17) is 11.5 Å². The largest absolute Gasteiger partial charge is 0.399 e. The van der Waals surface area contributed by atoms with Crippen LogP contribution in [0.3, 0.4) is 0 Å². The van der Waals surface area contributed by atoms with Gasteiger partial charge in [-0.25, -0.2) is 0 Å². The van der Waals surface area contributed by atoms with Gasteiger partial charge in [-0.3, -0.25) is 0 Å². The topological polar surface area (TPSA) is 80.0 Å². The van der Waals surface area contributed by atoms with Gasteiger partial charge in [-0.2, -0.15) is 5.11 Å². The van der Waals surface area contributed by atoms with Crippen LogP contribution in [0.25, 0.3) is 0 Å². The zero-order valence-corrected chi connectivity index (χ0v) is 12.7. The zero-order chi connectivity index (χ0) is 15.2. The minimum atomic E-state index is -0.271. The maximum Gasteiger partial charge on any atom is 0.118 e. The van der Waals surface area contributed by atoms with Crippen molar-refractivity contribution >= 4 is 5.69 Å². The molecule has 21 heavy (non-hydrogen) atoms. The number of allylic oxidation sites excluding steroid dienone is 1. The number of nitrogens with two attached hydrogens (primary N) is 2. The van der Waals surface area contributed by atoms with Gasteiger partial charge >= 0.3 is 0 Å². The highest BCUT2D eigenvalue weighted by Gasteiger charge is 2.22. The van der Waals surface area contributed by atoms with Crippen LogP contribution in [0.1, 0.15) is 26.7 Å². The van der Waals surface area contributed by atoms with E-state index in [9.17, 15) is 0 Å². The minimum absolute atomic E-state index is 0.271. The molecule has 5 heteroatoms. The Labute approximate surface area is 126 Å². The first-order valence-electron chi connectivity index (χ1n) is 7.30. The Balaban J connectivity index is 2.21. The Hall–Kier alpha value is -2.14. The molecular weight excluding hydrogens is 262 g/mol. The Kier molecular flexibility index (Phi) is 5.11. The molecular formula is C16H23N5. The summed E-state index contributed by atoms with van der Waals surface area (Å²) in [7, 11) is 0. The molecule has 0 aliphatic carbocycles. The van der Waals surface area contributed by atoms with E-state index in [1.807, 2.05) is 48.4 Å². The van der Waals surface area contributed by atoms with Crippen molar-refractivity contribution < 1.29 is 0 Å². The molecule has 0 bridgehead atoms. The standard InChI is InChI=1S/C16H23N5/c1-3-4-10-21-11-14(12(2)15(17)16(21)18)20-19-13-8-6-5-7-9-13/h5-9,11,16H,3-4,10,17-18H2,1-2H3. The Morgan fingerprint density at radius 3 is 2.57 bits per heavy atom. The molecule has 0 fully saturated rings. The van der Waals surface area contributed by atoms with E-state index in [0.717, 1.165) is 36.3 Å². The molecule has 1 aliphatic rings. The van der Waals surface area contributed by atoms with Gasteiger partial charge in [0.15, 0.2) is 0 Å². The van der Waals surface area contributed by atoms with Crippen molar-refractivity contribution in [1.82, 2.24) is 4.90 Å². The Morgan fingerprint density at radius 1 is 1.19 bits per heavy atom. The van der Waals surface area contributed by atoms with Crippen molar-refractivity contribution in [3.63, 3.8) is 0 Å². The monoisotopic (exact) mass is 285 g/mol. The Bertz CT molecular complexity index is 559. The second-order valence-corrected chi connectivity index (χ2v) is 5.17. The number of hydrogen-bond acceptors (Lipinski definition) is 5. The van der Waals surface area contributed by atoms with E-state index in [-0.39, 0.29) is 6.17 Å². The second kappa shape index (κ2) is 7.04. The van der Waals surface area contributed by atoms with Gasteiger partial charge in [0.25, 0.3) is 0 Å². The average Bonchev–Trinajstić information content (AvgIpc) is 2.52. The molecule has 112 valence electrons. The summed E-state index contributed by atoms with van der Waals surface area (Å²) in [5.41, 5.74) is 15.4. The van der Waals surface area contributed by atoms with Crippen LogP contribution < -0.4 is 11.5 Å². The highest BCUT2D eigenvalue weighted by molar-refractivity contribution is 5.39. The number of hydrogen-bond donors (Lipinski definition) is 2. The van der Waals surface area contributed by atoms with E-state index in [1.54, 1.807) is 0 Å². The van der Waals surface area contributed by atoms with Crippen molar-refractivity contribution in [2.24, 2.45) is 21.7 Å². The van der Waals surface area contributed by atoms with Gasteiger partial charge in [-0.05, 0) is 25.5 Å². The van der Waals surface area contributed by atoms with Crippen LogP contribution in [0.15, 0.2) is 63.7 Å². The lowest BCUT2D eigenvalue weighted by Gasteiger charge is -2.32. The fourth-order valence-electron chi connectivity index (χ4n) is 2.13. The molecule has 0 aromatic heterocycles. The number of azo groups is 1. The summed E-state index contributed by atoms with van der Waals surface area (Å²) in [4.78, 5) is 2.03. The van der Waals surface area contributed by atoms with Crippen LogP contribution in [0.2, 0.25) is 0 Å². The molecule has 1 aromatic rings. The quantitative estimate of drug-likeness (QED) is 0.815. The van der Waals surface area contributed by atoms with E-state index >= 15 is 0 Å². The molecule has 5 nitrogen and oxygen atoms in total. The first-order valence-corrected chi connectivity index (χ1v) is 7.30. The highest BCUT2D eigenvalue weighted by Crippen LogP contribution is 2.25. The minimum Gasteiger partial charge on any atom is -0.399 e. The maximum absolute atomic E-state index is 6.15. The zero-order valence-electron chi connectivity index (χ0n) is 12.7. The SMILES string of the molecule is CCCCN1C=C(N=Nc2ccccc2)C(C)=C(N)C1N. The summed E-state index contributed by atoms with van der Waals surface area (Å²) in [6.45, 7) is 4.96. The smallest absolute Gasteiger partial charge is 0.118 e. The predicted octanol–water partition coefficient (Wildman–Crippen LogP) is 3.24. The van der Waals surface area contributed by atoms with Crippen LogP contribution in [0, 0.1) is 0 Å². The third-order valence-electron chi connectivity index (χ3n) is 3.58.